The zero-order chi connectivity index (χ0) is 25.9. The quantitative estimate of drug-likeness (QED) is 0.245. The van der Waals surface area contributed by atoms with Crippen molar-refractivity contribution in [2.24, 2.45) is 9.98 Å². The largest absolute Gasteiger partial charge is 0.507 e. The molecule has 6 nitrogen and oxygen atoms in total. The van der Waals surface area contributed by atoms with Crippen molar-refractivity contribution in [3.63, 3.8) is 0 Å². The Hall–Kier alpha value is -5.36. The second kappa shape index (κ2) is 9.95. The van der Waals surface area contributed by atoms with Crippen molar-refractivity contribution < 1.29 is 10.2 Å². The van der Waals surface area contributed by atoms with Crippen LogP contribution in [0.2, 0.25) is 0 Å². The summed E-state index contributed by atoms with van der Waals surface area (Å²) in [5, 5.41) is 26.7. The van der Waals surface area contributed by atoms with Gasteiger partial charge in [0.05, 0.1) is 0 Å². The number of aromatic hydroxyl groups is 2. The number of fused-ring (bicyclic) bond motifs is 2. The van der Waals surface area contributed by atoms with Gasteiger partial charge in [0.25, 0.3) is 0 Å². The summed E-state index contributed by atoms with van der Waals surface area (Å²) in [5.41, 5.74) is 2.07. The molecule has 0 amide bonds. The molecule has 0 aliphatic carbocycles. The summed E-state index contributed by atoms with van der Waals surface area (Å²) in [7, 11) is 0. The van der Waals surface area contributed by atoms with E-state index >= 15 is 0 Å². The lowest BCUT2D eigenvalue weighted by atomic mass is 9.89. The zero-order valence-corrected chi connectivity index (χ0v) is 20.2. The predicted octanol–water partition coefficient (Wildman–Crippen LogP) is 7.36. The van der Waals surface area contributed by atoms with Gasteiger partial charge < -0.3 is 10.2 Å². The molecule has 182 valence electrons. The topological polar surface area (TPSA) is 91.0 Å². The molecule has 0 bridgehead atoms. The molecule has 6 rings (SSSR count). The summed E-state index contributed by atoms with van der Waals surface area (Å²) in [4.78, 5) is 17.4. The first-order valence-corrected chi connectivity index (χ1v) is 12.1. The van der Waals surface area contributed by atoms with E-state index in [1.807, 2.05) is 84.9 Å². The first-order valence-electron chi connectivity index (χ1n) is 12.1. The lowest BCUT2D eigenvalue weighted by Gasteiger charge is -2.17. The van der Waals surface area contributed by atoms with E-state index in [1.165, 1.54) is 0 Å². The molecule has 2 N–H and O–H groups in total. The molecule has 0 spiro atoms. The Bertz CT molecular complexity index is 1700. The standard InChI is InChI=1S/C32H22N4O2/c37-31-23(19-35-27-13-5-7-15-33-27)17-21-9-1-3-11-25(21)29(31)30-26-12-4-2-10-22(26)18-24(32(30)38)20-36-28-14-6-8-16-34-28/h1-20,37-38H/b35-19+,36-20+. The molecule has 0 aliphatic heterocycles. The summed E-state index contributed by atoms with van der Waals surface area (Å²) >= 11 is 0. The molecule has 0 saturated heterocycles. The van der Waals surface area contributed by atoms with Gasteiger partial charge in [-0.1, -0.05) is 60.7 Å². The van der Waals surface area contributed by atoms with Crippen LogP contribution < -0.4 is 0 Å². The summed E-state index contributed by atoms with van der Waals surface area (Å²) in [6.45, 7) is 0. The highest BCUT2D eigenvalue weighted by molar-refractivity contribution is 6.14. The number of benzene rings is 4. The van der Waals surface area contributed by atoms with E-state index in [0.29, 0.717) is 33.9 Å². The molecule has 0 aliphatic rings. The Morgan fingerprint density at radius 2 is 0.947 bits per heavy atom. The molecule has 0 atom stereocenters. The lowest BCUT2D eigenvalue weighted by molar-refractivity contribution is 0.469. The van der Waals surface area contributed by atoms with Crippen molar-refractivity contribution >= 4 is 45.6 Å². The normalized spacial score (nSPS) is 11.7. The van der Waals surface area contributed by atoms with Crippen molar-refractivity contribution in [3.8, 4) is 22.6 Å². The minimum atomic E-state index is 0.0163. The maximum atomic E-state index is 11.6. The molecule has 6 heteroatoms. The number of hydrogen-bond donors (Lipinski definition) is 2. The van der Waals surface area contributed by atoms with Crippen LogP contribution in [0, 0.1) is 0 Å². The van der Waals surface area contributed by atoms with Crippen LogP contribution in [-0.2, 0) is 0 Å². The van der Waals surface area contributed by atoms with Gasteiger partial charge in [0.2, 0.25) is 0 Å². The number of rotatable bonds is 5. The molecule has 4 aromatic carbocycles. The van der Waals surface area contributed by atoms with Gasteiger partial charge in [-0.3, -0.25) is 0 Å². The second-order valence-corrected chi connectivity index (χ2v) is 8.71. The summed E-state index contributed by atoms with van der Waals surface area (Å²) in [6, 6.07) is 30.2. The van der Waals surface area contributed by atoms with E-state index in [-0.39, 0.29) is 11.5 Å². The smallest absolute Gasteiger partial charge is 0.151 e. The van der Waals surface area contributed by atoms with Crippen LogP contribution in [0.3, 0.4) is 0 Å². The van der Waals surface area contributed by atoms with E-state index in [9.17, 15) is 10.2 Å². The Balaban J connectivity index is 1.61. The van der Waals surface area contributed by atoms with E-state index in [4.69, 9.17) is 0 Å². The van der Waals surface area contributed by atoms with Crippen molar-refractivity contribution in [1.82, 2.24) is 9.97 Å². The van der Waals surface area contributed by atoms with Crippen LogP contribution in [0.4, 0.5) is 11.6 Å². The highest BCUT2D eigenvalue weighted by atomic mass is 16.3. The molecule has 2 aromatic heterocycles. The van der Waals surface area contributed by atoms with Gasteiger partial charge in [0.15, 0.2) is 11.6 Å². The average Bonchev–Trinajstić information content (AvgIpc) is 2.97. The first-order chi connectivity index (χ1) is 18.7. The number of phenolic OH excluding ortho intramolecular Hbond substituents is 2. The van der Waals surface area contributed by atoms with Crippen LogP contribution in [0.25, 0.3) is 32.7 Å². The Kier molecular flexibility index (Phi) is 6.04. The minimum Gasteiger partial charge on any atom is -0.507 e. The zero-order valence-electron chi connectivity index (χ0n) is 20.2. The van der Waals surface area contributed by atoms with Crippen molar-refractivity contribution in [3.05, 3.63) is 121 Å². The summed E-state index contributed by atoms with van der Waals surface area (Å²) < 4.78 is 0. The van der Waals surface area contributed by atoms with E-state index in [1.54, 1.807) is 37.0 Å². The predicted molar refractivity (Wildman–Crippen MR) is 153 cm³/mol. The fourth-order valence-corrected chi connectivity index (χ4v) is 4.55. The number of hydrogen-bond acceptors (Lipinski definition) is 6. The highest BCUT2D eigenvalue weighted by Gasteiger charge is 2.21. The third-order valence-electron chi connectivity index (χ3n) is 6.32. The van der Waals surface area contributed by atoms with Crippen LogP contribution in [0.1, 0.15) is 11.1 Å². The second-order valence-electron chi connectivity index (χ2n) is 8.71. The van der Waals surface area contributed by atoms with E-state index < -0.39 is 0 Å². The van der Waals surface area contributed by atoms with Gasteiger partial charge in [0, 0.05) is 47.1 Å². The molecule has 6 aromatic rings. The van der Waals surface area contributed by atoms with Crippen molar-refractivity contribution in [2.75, 3.05) is 0 Å². The molecule has 0 radical (unpaired) electrons. The van der Waals surface area contributed by atoms with E-state index in [0.717, 1.165) is 21.5 Å². The average molecular weight is 495 g/mol. The van der Waals surface area contributed by atoms with Gasteiger partial charge in [-0.2, -0.15) is 0 Å². The number of pyridine rings is 2. The van der Waals surface area contributed by atoms with Gasteiger partial charge in [-0.05, 0) is 57.9 Å². The Morgan fingerprint density at radius 1 is 0.526 bits per heavy atom. The summed E-state index contributed by atoms with van der Waals surface area (Å²) in [5.74, 6) is 1.09. The lowest BCUT2D eigenvalue weighted by Crippen LogP contribution is -1.94. The highest BCUT2D eigenvalue weighted by Crippen LogP contribution is 2.47. The molecular formula is C32H22N4O2. The van der Waals surface area contributed by atoms with Crippen molar-refractivity contribution in [2.45, 2.75) is 0 Å². The number of phenols is 2. The third kappa shape index (κ3) is 4.35. The summed E-state index contributed by atoms with van der Waals surface area (Å²) in [6.07, 6.45) is 6.53. The minimum absolute atomic E-state index is 0.0163. The third-order valence-corrected chi connectivity index (χ3v) is 6.32. The Morgan fingerprint density at radius 3 is 1.37 bits per heavy atom. The monoisotopic (exact) mass is 494 g/mol. The first kappa shape index (κ1) is 23.1. The maximum Gasteiger partial charge on any atom is 0.151 e. The van der Waals surface area contributed by atoms with E-state index in [2.05, 4.69) is 20.0 Å². The van der Waals surface area contributed by atoms with Gasteiger partial charge in [-0.25, -0.2) is 20.0 Å². The Labute approximate surface area is 219 Å². The fourth-order valence-electron chi connectivity index (χ4n) is 4.55. The fraction of sp³-hybridized carbons (Fsp3) is 0. The number of nitrogens with zero attached hydrogens (tertiary/aromatic N) is 4. The van der Waals surface area contributed by atoms with Crippen LogP contribution in [0.15, 0.2) is 119 Å². The molecule has 0 unspecified atom stereocenters. The molecule has 38 heavy (non-hydrogen) atoms. The maximum absolute atomic E-state index is 11.6. The number of aromatic nitrogens is 2. The molecule has 0 fully saturated rings. The molecule has 2 heterocycles. The van der Waals surface area contributed by atoms with Crippen molar-refractivity contribution in [1.29, 1.82) is 0 Å². The van der Waals surface area contributed by atoms with Gasteiger partial charge in [0.1, 0.15) is 11.5 Å². The van der Waals surface area contributed by atoms with Crippen LogP contribution >= 0.6 is 0 Å². The van der Waals surface area contributed by atoms with Gasteiger partial charge >= 0.3 is 0 Å². The SMILES string of the molecule is Oc1c(/C=N/c2ccccn2)cc2ccccc2c1-c1c(O)c(/C=N/c2ccccn2)cc2ccccc12. The van der Waals surface area contributed by atoms with Crippen LogP contribution in [-0.4, -0.2) is 32.6 Å². The molecular weight excluding hydrogens is 472 g/mol. The van der Waals surface area contributed by atoms with Gasteiger partial charge in [-0.15, -0.1) is 0 Å². The molecule has 0 saturated carbocycles. The van der Waals surface area contributed by atoms with Crippen LogP contribution in [0.5, 0.6) is 11.5 Å². The number of aliphatic imine (C=N–C) groups is 2.